The third-order valence-corrected chi connectivity index (χ3v) is 6.76. The lowest BCUT2D eigenvalue weighted by Gasteiger charge is -2.44. The number of carbonyl (C=O) groups is 2. The van der Waals surface area contributed by atoms with Gasteiger partial charge in [-0.3, -0.25) is 9.59 Å². The number of aryl methyl sites for hydroxylation is 1. The monoisotopic (exact) mass is 404 g/mol. The first kappa shape index (κ1) is 20.6. The minimum Gasteiger partial charge on any atom is -0.351 e. The summed E-state index contributed by atoms with van der Waals surface area (Å²) in [6.07, 6.45) is 7.42. The van der Waals surface area contributed by atoms with Crippen molar-refractivity contribution < 1.29 is 9.59 Å². The van der Waals surface area contributed by atoms with Crippen LogP contribution in [0.15, 0.2) is 48.5 Å². The summed E-state index contributed by atoms with van der Waals surface area (Å²) in [6, 6.07) is 16.1. The fourth-order valence-corrected chi connectivity index (χ4v) is 4.81. The SMILES string of the molecule is Cc1ccc(CN2C(=O)c3ccccc3CC2(C)C(=O)NC2CCCCCC2)cc1. The van der Waals surface area contributed by atoms with Crippen LogP contribution in [0, 0.1) is 6.92 Å². The topological polar surface area (TPSA) is 49.4 Å². The maximum atomic E-state index is 13.6. The van der Waals surface area contributed by atoms with E-state index in [0.717, 1.165) is 36.8 Å². The summed E-state index contributed by atoms with van der Waals surface area (Å²) in [5, 5.41) is 3.31. The standard InChI is InChI=1S/C26H32N2O2/c1-19-13-15-20(16-14-19)18-28-24(29)23-12-8-7-9-21(23)17-26(28,2)25(30)27-22-10-5-3-4-6-11-22/h7-9,12-16,22H,3-6,10-11,17-18H2,1-2H3,(H,27,30). The molecule has 4 rings (SSSR count). The molecule has 158 valence electrons. The second kappa shape index (κ2) is 8.63. The highest BCUT2D eigenvalue weighted by molar-refractivity contribution is 6.02. The molecule has 1 heterocycles. The molecular weight excluding hydrogens is 372 g/mol. The molecule has 4 nitrogen and oxygen atoms in total. The molecule has 2 amide bonds. The molecule has 0 aromatic heterocycles. The van der Waals surface area contributed by atoms with Crippen LogP contribution in [0.5, 0.6) is 0 Å². The molecule has 0 bridgehead atoms. The Balaban J connectivity index is 1.65. The normalized spacial score (nSPS) is 22.3. The van der Waals surface area contributed by atoms with E-state index in [1.54, 1.807) is 4.90 Å². The molecule has 0 saturated heterocycles. The molecule has 2 aromatic carbocycles. The smallest absolute Gasteiger partial charge is 0.255 e. The van der Waals surface area contributed by atoms with Gasteiger partial charge in [0.25, 0.3) is 5.91 Å². The third-order valence-electron chi connectivity index (χ3n) is 6.76. The van der Waals surface area contributed by atoms with Crippen LogP contribution in [0.3, 0.4) is 0 Å². The summed E-state index contributed by atoms with van der Waals surface area (Å²) >= 11 is 0. The predicted octanol–water partition coefficient (Wildman–Crippen LogP) is 4.79. The number of amides is 2. The van der Waals surface area contributed by atoms with Crippen LogP contribution in [-0.4, -0.2) is 28.3 Å². The molecule has 0 radical (unpaired) electrons. The van der Waals surface area contributed by atoms with Crippen LogP contribution in [0.1, 0.15) is 72.5 Å². The lowest BCUT2D eigenvalue weighted by Crippen LogP contribution is -2.63. The minimum atomic E-state index is -0.900. The fourth-order valence-electron chi connectivity index (χ4n) is 4.81. The summed E-state index contributed by atoms with van der Waals surface area (Å²) in [5.74, 6) is -0.0830. The number of rotatable bonds is 4. The number of nitrogens with one attached hydrogen (secondary N) is 1. The second-order valence-electron chi connectivity index (χ2n) is 9.15. The molecule has 1 unspecified atom stereocenters. The van der Waals surface area contributed by atoms with Crippen LogP contribution in [0.2, 0.25) is 0 Å². The zero-order chi connectivity index (χ0) is 21.1. The van der Waals surface area contributed by atoms with Crippen molar-refractivity contribution in [1.29, 1.82) is 0 Å². The second-order valence-corrected chi connectivity index (χ2v) is 9.15. The Morgan fingerprint density at radius 1 is 1.03 bits per heavy atom. The Morgan fingerprint density at radius 2 is 1.70 bits per heavy atom. The fraction of sp³-hybridized carbons (Fsp3) is 0.462. The van der Waals surface area contributed by atoms with Crippen molar-refractivity contribution >= 4 is 11.8 Å². The Hall–Kier alpha value is -2.62. The van der Waals surface area contributed by atoms with Crippen molar-refractivity contribution in [2.75, 3.05) is 0 Å². The van der Waals surface area contributed by atoms with E-state index in [0.29, 0.717) is 18.5 Å². The van der Waals surface area contributed by atoms with Crippen molar-refractivity contribution in [1.82, 2.24) is 10.2 Å². The summed E-state index contributed by atoms with van der Waals surface area (Å²) in [4.78, 5) is 28.9. The Kier molecular flexibility index (Phi) is 5.94. The Morgan fingerprint density at radius 3 is 2.40 bits per heavy atom. The van der Waals surface area contributed by atoms with E-state index in [1.807, 2.05) is 43.3 Å². The van der Waals surface area contributed by atoms with E-state index in [2.05, 4.69) is 24.4 Å². The van der Waals surface area contributed by atoms with E-state index in [4.69, 9.17) is 0 Å². The van der Waals surface area contributed by atoms with E-state index < -0.39 is 5.54 Å². The van der Waals surface area contributed by atoms with Gasteiger partial charge in [-0.2, -0.15) is 0 Å². The Labute approximate surface area is 179 Å². The number of carbonyl (C=O) groups excluding carboxylic acids is 2. The molecule has 4 heteroatoms. The van der Waals surface area contributed by atoms with E-state index >= 15 is 0 Å². The maximum absolute atomic E-state index is 13.6. The number of hydrogen-bond acceptors (Lipinski definition) is 2. The van der Waals surface area contributed by atoms with Gasteiger partial charge in [-0.1, -0.05) is 73.7 Å². The lowest BCUT2D eigenvalue weighted by atomic mass is 9.82. The average Bonchev–Trinajstić information content (AvgIpc) is 3.01. The van der Waals surface area contributed by atoms with Crippen molar-refractivity contribution in [3.63, 3.8) is 0 Å². The highest BCUT2D eigenvalue weighted by Crippen LogP contribution is 2.33. The first-order chi connectivity index (χ1) is 14.5. The zero-order valence-corrected chi connectivity index (χ0v) is 18.1. The van der Waals surface area contributed by atoms with Gasteiger partial charge in [-0.25, -0.2) is 0 Å². The first-order valence-electron chi connectivity index (χ1n) is 11.2. The van der Waals surface area contributed by atoms with Gasteiger partial charge >= 0.3 is 0 Å². The quantitative estimate of drug-likeness (QED) is 0.745. The van der Waals surface area contributed by atoms with Crippen molar-refractivity contribution in [3.8, 4) is 0 Å². The van der Waals surface area contributed by atoms with Gasteiger partial charge < -0.3 is 10.2 Å². The largest absolute Gasteiger partial charge is 0.351 e. The van der Waals surface area contributed by atoms with Gasteiger partial charge in [0, 0.05) is 24.6 Å². The zero-order valence-electron chi connectivity index (χ0n) is 18.1. The number of fused-ring (bicyclic) bond motifs is 1. The molecule has 1 aliphatic carbocycles. The van der Waals surface area contributed by atoms with E-state index in [-0.39, 0.29) is 17.9 Å². The van der Waals surface area contributed by atoms with Crippen molar-refractivity contribution in [2.24, 2.45) is 0 Å². The summed E-state index contributed by atoms with van der Waals surface area (Å²) in [6.45, 7) is 4.42. The highest BCUT2D eigenvalue weighted by atomic mass is 16.2. The van der Waals surface area contributed by atoms with Crippen LogP contribution in [0.4, 0.5) is 0 Å². The van der Waals surface area contributed by atoms with Gasteiger partial charge in [0.15, 0.2) is 0 Å². The molecule has 1 saturated carbocycles. The molecule has 2 aromatic rings. The molecule has 1 aliphatic heterocycles. The average molecular weight is 405 g/mol. The molecule has 1 N–H and O–H groups in total. The first-order valence-corrected chi connectivity index (χ1v) is 11.2. The Bertz CT molecular complexity index is 913. The molecular formula is C26H32N2O2. The summed E-state index contributed by atoms with van der Waals surface area (Å²) in [7, 11) is 0. The molecule has 30 heavy (non-hydrogen) atoms. The van der Waals surface area contributed by atoms with E-state index in [9.17, 15) is 9.59 Å². The lowest BCUT2D eigenvalue weighted by molar-refractivity contribution is -0.132. The molecule has 0 spiro atoms. The van der Waals surface area contributed by atoms with Crippen LogP contribution >= 0.6 is 0 Å². The van der Waals surface area contributed by atoms with Crippen LogP contribution in [0.25, 0.3) is 0 Å². The molecule has 2 aliphatic rings. The van der Waals surface area contributed by atoms with Gasteiger partial charge in [0.1, 0.15) is 5.54 Å². The van der Waals surface area contributed by atoms with Crippen LogP contribution < -0.4 is 5.32 Å². The van der Waals surface area contributed by atoms with Crippen LogP contribution in [-0.2, 0) is 17.8 Å². The van der Waals surface area contributed by atoms with Gasteiger partial charge in [0.05, 0.1) is 0 Å². The highest BCUT2D eigenvalue weighted by Gasteiger charge is 2.47. The summed E-state index contributed by atoms with van der Waals surface area (Å²) < 4.78 is 0. The predicted molar refractivity (Wildman–Crippen MR) is 119 cm³/mol. The number of nitrogens with zero attached hydrogens (tertiary/aromatic N) is 1. The maximum Gasteiger partial charge on any atom is 0.255 e. The minimum absolute atomic E-state index is 0.0237. The van der Waals surface area contributed by atoms with Gasteiger partial charge in [-0.05, 0) is 43.9 Å². The van der Waals surface area contributed by atoms with Gasteiger partial charge in [0.2, 0.25) is 5.91 Å². The summed E-state index contributed by atoms with van der Waals surface area (Å²) in [5.41, 5.74) is 3.00. The number of hydrogen-bond donors (Lipinski definition) is 1. The molecule has 1 fully saturated rings. The number of benzene rings is 2. The third kappa shape index (κ3) is 4.14. The van der Waals surface area contributed by atoms with Gasteiger partial charge in [-0.15, -0.1) is 0 Å². The van der Waals surface area contributed by atoms with Crippen molar-refractivity contribution in [3.05, 3.63) is 70.8 Å². The van der Waals surface area contributed by atoms with E-state index in [1.165, 1.54) is 18.4 Å². The van der Waals surface area contributed by atoms with Crippen molar-refractivity contribution in [2.45, 2.75) is 76.9 Å². The molecule has 1 atom stereocenters.